The van der Waals surface area contributed by atoms with E-state index in [4.69, 9.17) is 4.74 Å². The van der Waals surface area contributed by atoms with Crippen molar-refractivity contribution < 1.29 is 14.6 Å². The third-order valence-corrected chi connectivity index (χ3v) is 5.86. The maximum atomic E-state index is 13.3. The zero-order chi connectivity index (χ0) is 22.2. The molecule has 6 heteroatoms. The number of aromatic amines is 1. The Kier molecular flexibility index (Phi) is 5.58. The number of nitrogens with zero attached hydrogens (tertiary/aromatic N) is 2. The Morgan fingerprint density at radius 3 is 2.48 bits per heavy atom. The number of H-pyrrole nitrogens is 1. The first-order valence-electron chi connectivity index (χ1n) is 10.6. The molecule has 0 aliphatic carbocycles. The van der Waals surface area contributed by atoms with Crippen molar-refractivity contribution in [3.05, 3.63) is 70.9 Å². The first-order chi connectivity index (χ1) is 14.8. The van der Waals surface area contributed by atoms with Crippen molar-refractivity contribution in [1.29, 1.82) is 0 Å². The molecule has 2 aromatic carbocycles. The fourth-order valence-electron chi connectivity index (χ4n) is 4.20. The minimum Gasteiger partial charge on any atom is -0.507 e. The Hall–Kier alpha value is -3.12. The fourth-order valence-corrected chi connectivity index (χ4v) is 4.20. The van der Waals surface area contributed by atoms with Gasteiger partial charge in [-0.05, 0) is 35.1 Å². The van der Waals surface area contributed by atoms with Crippen molar-refractivity contribution in [2.75, 3.05) is 20.3 Å². The quantitative estimate of drug-likeness (QED) is 0.570. The summed E-state index contributed by atoms with van der Waals surface area (Å²) in [6.45, 7) is 7.70. The van der Waals surface area contributed by atoms with Gasteiger partial charge in [-0.15, -0.1) is 0 Å². The minimum atomic E-state index is -0.276. The SMILES string of the molecule is COCCCN1C(=O)c2[nH]nc(-c3ccccc3O)c2[C@H]1c1ccc(C(C)(C)C)cc1. The van der Waals surface area contributed by atoms with Gasteiger partial charge in [0, 0.05) is 31.4 Å². The number of hydrogen-bond acceptors (Lipinski definition) is 4. The van der Waals surface area contributed by atoms with Crippen LogP contribution in [0.5, 0.6) is 5.75 Å². The second-order valence-corrected chi connectivity index (χ2v) is 9.00. The number of aromatic hydroxyl groups is 1. The van der Waals surface area contributed by atoms with Crippen LogP contribution in [-0.2, 0) is 10.2 Å². The Labute approximate surface area is 182 Å². The summed E-state index contributed by atoms with van der Waals surface area (Å²) in [6.07, 6.45) is 0.739. The molecule has 0 saturated carbocycles. The maximum absolute atomic E-state index is 13.3. The summed E-state index contributed by atoms with van der Waals surface area (Å²) < 4.78 is 5.21. The van der Waals surface area contributed by atoms with Crippen molar-refractivity contribution >= 4 is 5.91 Å². The molecule has 2 heterocycles. The standard InChI is InChI=1S/C25H29N3O3/c1-25(2,3)17-12-10-16(11-13-17)23-20-21(18-8-5-6-9-19(18)29)26-27-22(20)24(30)28(23)14-7-15-31-4/h5-6,8-13,23,29H,7,14-15H2,1-4H3,(H,26,27)/t23-/m1/s1. The molecule has 1 atom stereocenters. The highest BCUT2D eigenvalue weighted by molar-refractivity contribution is 6.00. The van der Waals surface area contributed by atoms with Crippen molar-refractivity contribution in [1.82, 2.24) is 15.1 Å². The van der Waals surface area contributed by atoms with Crippen LogP contribution in [-0.4, -0.2) is 46.4 Å². The number of nitrogens with one attached hydrogen (secondary N) is 1. The molecular weight excluding hydrogens is 390 g/mol. The molecule has 31 heavy (non-hydrogen) atoms. The molecule has 4 rings (SSSR count). The van der Waals surface area contributed by atoms with Gasteiger partial charge in [-0.25, -0.2) is 0 Å². The number of methoxy groups -OCH3 is 1. The number of hydrogen-bond donors (Lipinski definition) is 2. The third-order valence-electron chi connectivity index (χ3n) is 5.86. The maximum Gasteiger partial charge on any atom is 0.273 e. The molecule has 1 aliphatic rings. The number of carbonyl (C=O) groups excluding carboxylic acids is 1. The van der Waals surface area contributed by atoms with E-state index < -0.39 is 0 Å². The van der Waals surface area contributed by atoms with E-state index in [0.717, 1.165) is 17.5 Å². The summed E-state index contributed by atoms with van der Waals surface area (Å²) in [7, 11) is 1.66. The van der Waals surface area contributed by atoms with Gasteiger partial charge in [-0.3, -0.25) is 9.89 Å². The smallest absolute Gasteiger partial charge is 0.273 e. The van der Waals surface area contributed by atoms with E-state index in [1.54, 1.807) is 19.2 Å². The summed E-state index contributed by atoms with van der Waals surface area (Å²) in [5.74, 6) is 0.0640. The van der Waals surface area contributed by atoms with Gasteiger partial charge in [0.2, 0.25) is 0 Å². The third kappa shape index (κ3) is 3.83. The predicted octanol–water partition coefficient (Wildman–Crippen LogP) is 4.66. The topological polar surface area (TPSA) is 78.5 Å². The number of carbonyl (C=O) groups is 1. The van der Waals surface area contributed by atoms with Gasteiger partial charge in [0.05, 0.1) is 6.04 Å². The van der Waals surface area contributed by atoms with Gasteiger partial charge in [0.25, 0.3) is 5.91 Å². The Morgan fingerprint density at radius 1 is 1.13 bits per heavy atom. The molecule has 1 aromatic heterocycles. The van der Waals surface area contributed by atoms with Crippen LogP contribution in [0.2, 0.25) is 0 Å². The van der Waals surface area contributed by atoms with Gasteiger partial charge >= 0.3 is 0 Å². The van der Waals surface area contributed by atoms with Crippen molar-refractivity contribution in [3.63, 3.8) is 0 Å². The van der Waals surface area contributed by atoms with E-state index in [2.05, 4.69) is 55.2 Å². The van der Waals surface area contributed by atoms with Gasteiger partial charge in [-0.1, -0.05) is 57.2 Å². The summed E-state index contributed by atoms with van der Waals surface area (Å²) in [6, 6.07) is 15.3. The molecule has 0 unspecified atom stereocenters. The number of phenolic OH excluding ortho intramolecular Hbond substituents is 1. The lowest BCUT2D eigenvalue weighted by molar-refractivity contribution is 0.0723. The van der Waals surface area contributed by atoms with Gasteiger partial charge in [-0.2, -0.15) is 5.10 Å². The summed E-state index contributed by atoms with van der Waals surface area (Å²) in [5, 5.41) is 17.8. The van der Waals surface area contributed by atoms with Crippen LogP contribution in [0, 0.1) is 0 Å². The number of ether oxygens (including phenoxy) is 1. The Morgan fingerprint density at radius 2 is 1.84 bits per heavy atom. The molecule has 1 aliphatic heterocycles. The first kappa shape index (κ1) is 21.1. The molecule has 0 fully saturated rings. The number of aromatic nitrogens is 2. The summed E-state index contributed by atoms with van der Waals surface area (Å²) in [5.41, 5.74) is 4.83. The van der Waals surface area contributed by atoms with E-state index >= 15 is 0 Å². The van der Waals surface area contributed by atoms with Gasteiger partial charge in [0.1, 0.15) is 17.1 Å². The molecule has 1 amide bonds. The molecule has 6 nitrogen and oxygen atoms in total. The lowest BCUT2D eigenvalue weighted by Gasteiger charge is -2.27. The van der Waals surface area contributed by atoms with Crippen LogP contribution in [0.25, 0.3) is 11.3 Å². The van der Waals surface area contributed by atoms with E-state index in [9.17, 15) is 9.90 Å². The fraction of sp³-hybridized carbons (Fsp3) is 0.360. The first-order valence-corrected chi connectivity index (χ1v) is 10.6. The van der Waals surface area contributed by atoms with E-state index in [0.29, 0.717) is 30.1 Å². The molecule has 2 N–H and O–H groups in total. The number of benzene rings is 2. The molecule has 0 radical (unpaired) electrons. The number of fused-ring (bicyclic) bond motifs is 1. The lowest BCUT2D eigenvalue weighted by Crippen LogP contribution is -2.31. The highest BCUT2D eigenvalue weighted by Gasteiger charge is 2.42. The monoisotopic (exact) mass is 419 g/mol. The normalized spacial score (nSPS) is 16.1. The largest absolute Gasteiger partial charge is 0.507 e. The van der Waals surface area contributed by atoms with Crippen LogP contribution >= 0.6 is 0 Å². The molecular formula is C25H29N3O3. The van der Waals surface area contributed by atoms with Gasteiger partial charge in [0.15, 0.2) is 0 Å². The van der Waals surface area contributed by atoms with Crippen LogP contribution in [0.3, 0.4) is 0 Å². The predicted molar refractivity (Wildman–Crippen MR) is 120 cm³/mol. The Bertz CT molecular complexity index is 1080. The van der Waals surface area contributed by atoms with Crippen molar-refractivity contribution in [3.8, 4) is 17.0 Å². The molecule has 3 aromatic rings. The zero-order valence-corrected chi connectivity index (χ0v) is 18.5. The van der Waals surface area contributed by atoms with E-state index in [1.807, 2.05) is 17.0 Å². The van der Waals surface area contributed by atoms with E-state index in [1.165, 1.54) is 5.56 Å². The second-order valence-electron chi connectivity index (χ2n) is 9.00. The van der Waals surface area contributed by atoms with E-state index in [-0.39, 0.29) is 23.1 Å². The number of para-hydroxylation sites is 1. The van der Waals surface area contributed by atoms with Crippen LogP contribution in [0.1, 0.15) is 60.4 Å². The average molecular weight is 420 g/mol. The van der Waals surface area contributed by atoms with Crippen LogP contribution in [0.4, 0.5) is 0 Å². The molecule has 0 saturated heterocycles. The lowest BCUT2D eigenvalue weighted by atomic mass is 9.85. The molecule has 162 valence electrons. The number of amides is 1. The van der Waals surface area contributed by atoms with Crippen molar-refractivity contribution in [2.24, 2.45) is 0 Å². The zero-order valence-electron chi connectivity index (χ0n) is 18.5. The highest BCUT2D eigenvalue weighted by atomic mass is 16.5. The van der Waals surface area contributed by atoms with Gasteiger partial charge < -0.3 is 14.7 Å². The summed E-state index contributed by atoms with van der Waals surface area (Å²) in [4.78, 5) is 15.2. The minimum absolute atomic E-state index is 0.0456. The Balaban J connectivity index is 1.82. The second kappa shape index (κ2) is 8.19. The molecule has 0 bridgehead atoms. The van der Waals surface area contributed by atoms with Crippen LogP contribution in [0.15, 0.2) is 48.5 Å². The molecule has 0 spiro atoms. The average Bonchev–Trinajstić information content (AvgIpc) is 3.27. The van der Waals surface area contributed by atoms with Crippen LogP contribution < -0.4 is 0 Å². The number of rotatable bonds is 6. The number of phenols is 1. The highest BCUT2D eigenvalue weighted by Crippen LogP contribution is 2.44. The summed E-state index contributed by atoms with van der Waals surface area (Å²) >= 11 is 0. The van der Waals surface area contributed by atoms with Crippen molar-refractivity contribution in [2.45, 2.75) is 38.6 Å².